The van der Waals surface area contributed by atoms with E-state index in [4.69, 9.17) is 31.1 Å². The van der Waals surface area contributed by atoms with Crippen molar-refractivity contribution in [3.05, 3.63) is 47.0 Å². The Hall–Kier alpha value is -2.91. The van der Waals surface area contributed by atoms with E-state index in [1.54, 1.807) is 30.3 Å². The summed E-state index contributed by atoms with van der Waals surface area (Å²) in [4.78, 5) is 12.4. The van der Waals surface area contributed by atoms with E-state index in [2.05, 4.69) is 5.32 Å². The van der Waals surface area contributed by atoms with Crippen LogP contribution in [0.25, 0.3) is 0 Å². The molecule has 0 bridgehead atoms. The summed E-state index contributed by atoms with van der Waals surface area (Å²) in [6.07, 6.45) is 0. The van der Waals surface area contributed by atoms with Crippen molar-refractivity contribution >= 4 is 23.2 Å². The number of methoxy groups -OCH3 is 2. The van der Waals surface area contributed by atoms with Crippen LogP contribution in [0.1, 0.15) is 10.4 Å². The van der Waals surface area contributed by atoms with Gasteiger partial charge in [0.05, 0.1) is 19.2 Å². The van der Waals surface area contributed by atoms with Gasteiger partial charge in [0.1, 0.15) is 11.8 Å². The van der Waals surface area contributed by atoms with Crippen molar-refractivity contribution in [2.45, 2.75) is 0 Å². The largest absolute Gasteiger partial charge is 0.493 e. The number of anilines is 1. The van der Waals surface area contributed by atoms with Gasteiger partial charge in [0.25, 0.3) is 5.91 Å². The third-order valence-corrected chi connectivity index (χ3v) is 3.39. The van der Waals surface area contributed by atoms with Crippen LogP contribution in [0.5, 0.6) is 17.2 Å². The van der Waals surface area contributed by atoms with Crippen LogP contribution < -0.4 is 19.5 Å². The average molecular weight is 347 g/mol. The van der Waals surface area contributed by atoms with Crippen LogP contribution in [0.3, 0.4) is 0 Å². The summed E-state index contributed by atoms with van der Waals surface area (Å²) in [5.74, 6) is 0.942. The van der Waals surface area contributed by atoms with E-state index in [0.717, 1.165) is 0 Å². The lowest BCUT2D eigenvalue weighted by Gasteiger charge is -2.12. The van der Waals surface area contributed by atoms with Gasteiger partial charge in [-0.1, -0.05) is 11.6 Å². The maximum absolute atomic E-state index is 12.4. The molecule has 24 heavy (non-hydrogen) atoms. The predicted molar refractivity (Wildman–Crippen MR) is 90.1 cm³/mol. The van der Waals surface area contributed by atoms with Gasteiger partial charge in [-0.3, -0.25) is 4.79 Å². The molecular formula is C17H15ClN2O4. The highest BCUT2D eigenvalue weighted by molar-refractivity contribution is 6.32. The Morgan fingerprint density at radius 1 is 1.21 bits per heavy atom. The second-order valence-corrected chi connectivity index (χ2v) is 5.03. The summed E-state index contributed by atoms with van der Waals surface area (Å²) in [7, 11) is 2.94. The molecule has 0 aliphatic carbocycles. The zero-order valence-corrected chi connectivity index (χ0v) is 13.9. The molecule has 1 N–H and O–H groups in total. The summed E-state index contributed by atoms with van der Waals surface area (Å²) < 4.78 is 15.5. The third-order valence-electron chi connectivity index (χ3n) is 3.11. The zero-order valence-electron chi connectivity index (χ0n) is 13.1. The SMILES string of the molecule is COc1cc(C(=O)Nc2ccc(OCC#N)cc2)cc(Cl)c1OC. The smallest absolute Gasteiger partial charge is 0.255 e. The standard InChI is InChI=1S/C17H15ClN2O4/c1-22-15-10-11(9-14(18)16(15)23-2)17(21)20-12-3-5-13(6-4-12)24-8-7-19/h3-6,9-10H,8H2,1-2H3,(H,20,21). The van der Waals surface area contributed by atoms with Crippen LogP contribution in [0.4, 0.5) is 5.69 Å². The maximum Gasteiger partial charge on any atom is 0.255 e. The monoisotopic (exact) mass is 346 g/mol. The molecule has 2 aromatic rings. The van der Waals surface area contributed by atoms with E-state index in [-0.39, 0.29) is 17.5 Å². The van der Waals surface area contributed by atoms with Crippen molar-refractivity contribution < 1.29 is 19.0 Å². The Kier molecular flexibility index (Phi) is 5.88. The minimum absolute atomic E-state index is 0.0319. The van der Waals surface area contributed by atoms with Gasteiger partial charge in [0.15, 0.2) is 18.1 Å². The normalized spacial score (nSPS) is 9.75. The summed E-state index contributed by atoms with van der Waals surface area (Å²) in [5.41, 5.74) is 0.915. The van der Waals surface area contributed by atoms with Crippen molar-refractivity contribution in [3.63, 3.8) is 0 Å². The molecule has 0 unspecified atom stereocenters. The molecule has 0 spiro atoms. The van der Waals surface area contributed by atoms with E-state index >= 15 is 0 Å². The molecule has 0 aliphatic heterocycles. The van der Waals surface area contributed by atoms with E-state index in [1.165, 1.54) is 20.3 Å². The molecule has 0 aliphatic rings. The summed E-state index contributed by atoms with van der Waals surface area (Å²) in [6.45, 7) is -0.0319. The molecule has 0 aromatic heterocycles. The molecule has 2 rings (SSSR count). The fraction of sp³-hybridized carbons (Fsp3) is 0.176. The molecular weight excluding hydrogens is 332 g/mol. The number of nitrogens with zero attached hydrogens (tertiary/aromatic N) is 1. The minimum atomic E-state index is -0.344. The van der Waals surface area contributed by atoms with Gasteiger partial charge in [-0.15, -0.1) is 0 Å². The van der Waals surface area contributed by atoms with Gasteiger partial charge >= 0.3 is 0 Å². The lowest BCUT2D eigenvalue weighted by Crippen LogP contribution is -2.12. The summed E-state index contributed by atoms with van der Waals surface area (Å²) in [5, 5.41) is 11.5. The second-order valence-electron chi connectivity index (χ2n) is 4.62. The number of nitrogens with one attached hydrogen (secondary N) is 1. The maximum atomic E-state index is 12.4. The Bertz CT molecular complexity index is 769. The molecule has 1 amide bonds. The first-order valence-electron chi connectivity index (χ1n) is 6.91. The van der Waals surface area contributed by atoms with Crippen LogP contribution in [0.2, 0.25) is 5.02 Å². The first kappa shape index (κ1) is 17.4. The van der Waals surface area contributed by atoms with Crippen LogP contribution in [-0.4, -0.2) is 26.7 Å². The Morgan fingerprint density at radius 3 is 2.50 bits per heavy atom. The van der Waals surface area contributed by atoms with Gasteiger partial charge in [-0.2, -0.15) is 5.26 Å². The fourth-order valence-corrected chi connectivity index (χ4v) is 2.29. The molecule has 0 saturated carbocycles. The number of carbonyl (C=O) groups is 1. The van der Waals surface area contributed by atoms with Gasteiger partial charge in [-0.05, 0) is 36.4 Å². The van der Waals surface area contributed by atoms with Gasteiger partial charge in [0, 0.05) is 11.3 Å². The summed E-state index contributed by atoms with van der Waals surface area (Å²) >= 11 is 6.10. The Balaban J connectivity index is 2.15. The molecule has 2 aromatic carbocycles. The zero-order chi connectivity index (χ0) is 17.5. The number of benzene rings is 2. The number of hydrogen-bond acceptors (Lipinski definition) is 5. The Labute approximate surface area is 144 Å². The molecule has 0 heterocycles. The highest BCUT2D eigenvalue weighted by atomic mass is 35.5. The molecule has 0 fully saturated rings. The topological polar surface area (TPSA) is 80.6 Å². The van der Waals surface area contributed by atoms with Crippen LogP contribution >= 0.6 is 11.6 Å². The second kappa shape index (κ2) is 8.09. The van der Waals surface area contributed by atoms with Crippen molar-refractivity contribution in [1.29, 1.82) is 5.26 Å². The van der Waals surface area contributed by atoms with Crippen molar-refractivity contribution in [2.24, 2.45) is 0 Å². The lowest BCUT2D eigenvalue weighted by molar-refractivity contribution is 0.102. The number of carbonyl (C=O) groups excluding carboxylic acids is 1. The van der Waals surface area contributed by atoms with Crippen molar-refractivity contribution in [1.82, 2.24) is 0 Å². The van der Waals surface area contributed by atoms with Crippen LogP contribution in [-0.2, 0) is 0 Å². The molecule has 0 radical (unpaired) electrons. The van der Waals surface area contributed by atoms with Gasteiger partial charge in [0.2, 0.25) is 0 Å². The number of rotatable bonds is 6. The van der Waals surface area contributed by atoms with E-state index in [1.807, 2.05) is 6.07 Å². The highest BCUT2D eigenvalue weighted by Crippen LogP contribution is 2.36. The number of ether oxygens (including phenoxy) is 3. The van der Waals surface area contributed by atoms with E-state index < -0.39 is 0 Å². The predicted octanol–water partition coefficient (Wildman–Crippen LogP) is 3.51. The number of hydrogen-bond donors (Lipinski definition) is 1. The molecule has 0 atom stereocenters. The van der Waals surface area contributed by atoms with Crippen LogP contribution in [0.15, 0.2) is 36.4 Å². The van der Waals surface area contributed by atoms with Crippen LogP contribution in [0, 0.1) is 11.3 Å². The quantitative estimate of drug-likeness (QED) is 0.865. The first-order valence-corrected chi connectivity index (χ1v) is 7.29. The molecule has 124 valence electrons. The first-order chi connectivity index (χ1) is 11.6. The Morgan fingerprint density at radius 2 is 1.92 bits per heavy atom. The van der Waals surface area contributed by atoms with Gasteiger partial charge in [-0.25, -0.2) is 0 Å². The van der Waals surface area contributed by atoms with Crippen molar-refractivity contribution in [3.8, 4) is 23.3 Å². The van der Waals surface area contributed by atoms with Gasteiger partial charge < -0.3 is 19.5 Å². The third kappa shape index (κ3) is 4.09. The van der Waals surface area contributed by atoms with E-state index in [9.17, 15) is 4.79 Å². The summed E-state index contributed by atoms with van der Waals surface area (Å²) in [6, 6.07) is 11.6. The number of amides is 1. The number of nitriles is 1. The van der Waals surface area contributed by atoms with Crippen molar-refractivity contribution in [2.75, 3.05) is 26.1 Å². The molecule has 0 saturated heterocycles. The number of halogens is 1. The average Bonchev–Trinajstić information content (AvgIpc) is 2.60. The molecule has 7 heteroatoms. The minimum Gasteiger partial charge on any atom is -0.493 e. The fourth-order valence-electron chi connectivity index (χ4n) is 2.00. The molecule has 6 nitrogen and oxygen atoms in total. The lowest BCUT2D eigenvalue weighted by atomic mass is 10.1. The highest BCUT2D eigenvalue weighted by Gasteiger charge is 2.15. The van der Waals surface area contributed by atoms with E-state index in [0.29, 0.717) is 28.5 Å².